The second-order valence-electron chi connectivity index (χ2n) is 9.32. The van der Waals surface area contributed by atoms with Crippen molar-refractivity contribution in [2.24, 2.45) is 0 Å². The molecule has 0 fully saturated rings. The summed E-state index contributed by atoms with van der Waals surface area (Å²) in [5.74, 6) is 2.61. The average Bonchev–Trinajstić information content (AvgIpc) is 3.63. The number of fused-ring (bicyclic) bond motifs is 2. The minimum atomic E-state index is -0.382. The van der Waals surface area contributed by atoms with Crippen LogP contribution >= 0.6 is 0 Å². The van der Waals surface area contributed by atoms with Gasteiger partial charge < -0.3 is 23.8 Å². The summed E-state index contributed by atoms with van der Waals surface area (Å²) in [5, 5.41) is 7.63. The summed E-state index contributed by atoms with van der Waals surface area (Å²) >= 11 is 0. The van der Waals surface area contributed by atoms with Gasteiger partial charge in [0.15, 0.2) is 23.0 Å². The Bertz CT molecular complexity index is 1490. The van der Waals surface area contributed by atoms with Crippen LogP contribution in [0.15, 0.2) is 60.7 Å². The molecule has 1 N–H and O–H groups in total. The molecule has 0 saturated carbocycles. The predicted molar refractivity (Wildman–Crippen MR) is 142 cm³/mol. The summed E-state index contributed by atoms with van der Waals surface area (Å²) < 4.78 is 22.8. The van der Waals surface area contributed by atoms with Crippen LogP contribution < -0.4 is 18.9 Å². The van der Waals surface area contributed by atoms with Crippen molar-refractivity contribution in [3.05, 3.63) is 88.6 Å². The van der Waals surface area contributed by atoms with E-state index in [-0.39, 0.29) is 18.7 Å². The van der Waals surface area contributed by atoms with Crippen molar-refractivity contribution in [3.63, 3.8) is 0 Å². The molecule has 0 spiro atoms. The van der Waals surface area contributed by atoms with Crippen molar-refractivity contribution >= 4 is 5.91 Å². The Hall–Kier alpha value is -4.46. The molecule has 38 heavy (non-hydrogen) atoms. The van der Waals surface area contributed by atoms with Gasteiger partial charge in [-0.25, -0.2) is 0 Å². The van der Waals surface area contributed by atoms with E-state index in [0.29, 0.717) is 48.5 Å². The molecule has 0 saturated heterocycles. The number of hydrogen-bond donors (Lipinski definition) is 1. The summed E-state index contributed by atoms with van der Waals surface area (Å²) in [6, 6.07) is 19.5. The molecular formula is C30H29N3O5. The lowest BCUT2D eigenvalue weighted by Crippen LogP contribution is -2.29. The number of hydrogen-bond acceptors (Lipinski definition) is 6. The van der Waals surface area contributed by atoms with Crippen LogP contribution in [0.25, 0.3) is 11.3 Å². The molecule has 2 aliphatic rings. The highest BCUT2D eigenvalue weighted by molar-refractivity contribution is 6.00. The van der Waals surface area contributed by atoms with Crippen LogP contribution in [0.5, 0.6) is 23.0 Å². The number of aromatic nitrogens is 2. The summed E-state index contributed by atoms with van der Waals surface area (Å²) in [7, 11) is 0. The minimum absolute atomic E-state index is 0.111. The number of nitrogens with one attached hydrogen (secondary N) is 1. The van der Waals surface area contributed by atoms with Gasteiger partial charge in [0.05, 0.1) is 24.9 Å². The van der Waals surface area contributed by atoms with E-state index in [0.717, 1.165) is 33.5 Å². The highest BCUT2D eigenvalue weighted by Gasteiger charge is 2.42. The number of aryl methyl sites for hydroxylation is 1. The van der Waals surface area contributed by atoms with Crippen LogP contribution in [0, 0.1) is 6.92 Å². The van der Waals surface area contributed by atoms with Crippen molar-refractivity contribution in [1.82, 2.24) is 15.1 Å². The van der Waals surface area contributed by atoms with Crippen molar-refractivity contribution in [2.45, 2.75) is 33.4 Å². The lowest BCUT2D eigenvalue weighted by molar-refractivity contribution is 0.0729. The second kappa shape index (κ2) is 9.78. The first-order valence-corrected chi connectivity index (χ1v) is 12.8. The van der Waals surface area contributed by atoms with Crippen LogP contribution in [0.2, 0.25) is 0 Å². The first-order valence-electron chi connectivity index (χ1n) is 12.8. The molecule has 8 nitrogen and oxygen atoms in total. The van der Waals surface area contributed by atoms with Gasteiger partial charge in [0.1, 0.15) is 5.69 Å². The molecule has 1 atom stereocenters. The quantitative estimate of drug-likeness (QED) is 0.329. The predicted octanol–water partition coefficient (Wildman–Crippen LogP) is 5.66. The third kappa shape index (κ3) is 4.12. The standard InChI is InChI=1S/C30H29N3O5/c1-4-35-22-13-11-21(15-25(22)36-5-2)29-26-27(20-9-6-18(3)7-10-20)31-32-28(26)30(34)33(29)16-19-8-12-23-24(14-19)38-17-37-23/h6-15,29H,4-5,16-17H2,1-3H3,(H,31,32). The summed E-state index contributed by atoms with van der Waals surface area (Å²) in [5.41, 5.74) is 6.08. The Labute approximate surface area is 221 Å². The summed E-state index contributed by atoms with van der Waals surface area (Å²) in [6.07, 6.45) is 0. The van der Waals surface area contributed by atoms with Crippen LogP contribution in [0.4, 0.5) is 0 Å². The van der Waals surface area contributed by atoms with E-state index in [1.807, 2.05) is 74.2 Å². The fourth-order valence-corrected chi connectivity index (χ4v) is 5.11. The third-order valence-corrected chi connectivity index (χ3v) is 6.86. The number of aromatic amines is 1. The molecule has 3 heterocycles. The van der Waals surface area contributed by atoms with Crippen molar-refractivity contribution < 1.29 is 23.7 Å². The molecule has 6 rings (SSSR count). The monoisotopic (exact) mass is 511 g/mol. The average molecular weight is 512 g/mol. The highest BCUT2D eigenvalue weighted by Crippen LogP contribution is 2.45. The van der Waals surface area contributed by atoms with Crippen molar-refractivity contribution in [2.75, 3.05) is 20.0 Å². The maximum absolute atomic E-state index is 13.8. The Morgan fingerprint density at radius 2 is 1.71 bits per heavy atom. The third-order valence-electron chi connectivity index (χ3n) is 6.86. The molecule has 4 aromatic rings. The van der Waals surface area contributed by atoms with Gasteiger partial charge >= 0.3 is 0 Å². The van der Waals surface area contributed by atoms with E-state index in [9.17, 15) is 4.79 Å². The molecule has 1 amide bonds. The Morgan fingerprint density at radius 3 is 2.50 bits per heavy atom. The van der Waals surface area contributed by atoms with Crippen LogP contribution in [0.3, 0.4) is 0 Å². The van der Waals surface area contributed by atoms with Gasteiger partial charge in [-0.3, -0.25) is 9.89 Å². The van der Waals surface area contributed by atoms with E-state index in [1.165, 1.54) is 0 Å². The Balaban J connectivity index is 1.47. The largest absolute Gasteiger partial charge is 0.490 e. The lowest BCUT2D eigenvalue weighted by Gasteiger charge is -2.27. The SMILES string of the molecule is CCOc1ccc(C2c3c(-c4ccc(C)cc4)n[nH]c3C(=O)N2Cc2ccc3c(c2)OCO3)cc1OCC. The normalized spacial score (nSPS) is 15.6. The van der Waals surface area contributed by atoms with E-state index >= 15 is 0 Å². The number of benzene rings is 3. The molecule has 194 valence electrons. The molecule has 1 unspecified atom stereocenters. The zero-order chi connectivity index (χ0) is 26.2. The van der Waals surface area contributed by atoms with Gasteiger partial charge in [0.2, 0.25) is 6.79 Å². The van der Waals surface area contributed by atoms with Crippen molar-refractivity contribution in [3.8, 4) is 34.3 Å². The number of ether oxygens (including phenoxy) is 4. The number of rotatable bonds is 8. The molecule has 0 radical (unpaired) electrons. The van der Waals surface area contributed by atoms with Gasteiger partial charge in [-0.05, 0) is 56.2 Å². The van der Waals surface area contributed by atoms with Gasteiger partial charge in [-0.1, -0.05) is 42.0 Å². The van der Waals surface area contributed by atoms with Crippen LogP contribution in [-0.2, 0) is 6.54 Å². The van der Waals surface area contributed by atoms with E-state index in [4.69, 9.17) is 18.9 Å². The molecule has 2 aliphatic heterocycles. The maximum Gasteiger partial charge on any atom is 0.273 e. The van der Waals surface area contributed by atoms with Gasteiger partial charge in [-0.2, -0.15) is 5.10 Å². The van der Waals surface area contributed by atoms with E-state index < -0.39 is 0 Å². The van der Waals surface area contributed by atoms with Crippen molar-refractivity contribution in [1.29, 1.82) is 0 Å². The maximum atomic E-state index is 13.8. The zero-order valence-electron chi connectivity index (χ0n) is 21.6. The summed E-state index contributed by atoms with van der Waals surface area (Å²) in [4.78, 5) is 15.7. The molecule has 0 bridgehead atoms. The summed E-state index contributed by atoms with van der Waals surface area (Å²) in [6.45, 7) is 7.54. The molecular weight excluding hydrogens is 482 g/mol. The first-order chi connectivity index (χ1) is 18.6. The topological polar surface area (TPSA) is 85.9 Å². The molecule has 3 aromatic carbocycles. The Kier molecular flexibility index (Phi) is 6.15. The fourth-order valence-electron chi connectivity index (χ4n) is 5.11. The Morgan fingerprint density at radius 1 is 0.947 bits per heavy atom. The number of carbonyl (C=O) groups excluding carboxylic acids is 1. The van der Waals surface area contributed by atoms with E-state index in [1.54, 1.807) is 0 Å². The van der Waals surface area contributed by atoms with Crippen LogP contribution in [0.1, 0.15) is 52.6 Å². The van der Waals surface area contributed by atoms with Gasteiger partial charge in [0, 0.05) is 17.7 Å². The highest BCUT2D eigenvalue weighted by atomic mass is 16.7. The number of amides is 1. The second-order valence-corrected chi connectivity index (χ2v) is 9.32. The number of carbonyl (C=O) groups is 1. The van der Waals surface area contributed by atoms with Gasteiger partial charge in [-0.15, -0.1) is 0 Å². The smallest absolute Gasteiger partial charge is 0.273 e. The first kappa shape index (κ1) is 23.9. The zero-order valence-corrected chi connectivity index (χ0v) is 21.6. The molecule has 8 heteroatoms. The lowest BCUT2D eigenvalue weighted by atomic mass is 9.95. The molecule has 1 aromatic heterocycles. The van der Waals surface area contributed by atoms with Crippen LogP contribution in [-0.4, -0.2) is 41.0 Å². The fraction of sp³-hybridized carbons (Fsp3) is 0.267. The van der Waals surface area contributed by atoms with E-state index in [2.05, 4.69) is 22.3 Å². The van der Waals surface area contributed by atoms with Gasteiger partial charge in [0.25, 0.3) is 5.91 Å². The molecule has 0 aliphatic carbocycles. The number of nitrogens with zero attached hydrogens (tertiary/aromatic N) is 2. The minimum Gasteiger partial charge on any atom is -0.490 e. The number of H-pyrrole nitrogens is 1.